The fraction of sp³-hybridized carbons (Fsp3) is 0.619. The number of carboxylic acids is 1. The molecule has 0 spiro atoms. The lowest BCUT2D eigenvalue weighted by Gasteiger charge is -2.26. The summed E-state index contributed by atoms with van der Waals surface area (Å²) < 4.78 is 11.9. The predicted molar refractivity (Wildman–Crippen MR) is 106 cm³/mol. The highest BCUT2D eigenvalue weighted by atomic mass is 16.7. The molecule has 4 N–H and O–H groups in total. The number of nitrogens with one attached hydrogen (secondary N) is 3. The van der Waals surface area contributed by atoms with E-state index in [9.17, 15) is 9.59 Å². The molecular formula is C21H29N3O5. The molecule has 3 aliphatic heterocycles. The van der Waals surface area contributed by atoms with Crippen LogP contribution in [0, 0.1) is 11.8 Å². The molecule has 1 aromatic carbocycles. The number of hydrazine groups is 1. The zero-order valence-corrected chi connectivity index (χ0v) is 16.4. The molecule has 2 amide bonds. The van der Waals surface area contributed by atoms with Crippen LogP contribution in [0.4, 0.5) is 10.5 Å². The molecule has 0 aromatic heterocycles. The van der Waals surface area contributed by atoms with E-state index in [1.54, 1.807) is 0 Å². The maximum absolute atomic E-state index is 12.0. The molecule has 29 heavy (non-hydrogen) atoms. The van der Waals surface area contributed by atoms with E-state index in [1.165, 1.54) is 0 Å². The van der Waals surface area contributed by atoms with Crippen molar-refractivity contribution in [2.24, 2.45) is 11.8 Å². The van der Waals surface area contributed by atoms with Crippen molar-refractivity contribution in [2.75, 3.05) is 11.9 Å². The molecule has 4 rings (SSSR count). The largest absolute Gasteiger partial charge is 0.481 e. The summed E-state index contributed by atoms with van der Waals surface area (Å²) in [5.41, 5.74) is 6.51. The standard InChI is InChI=1S/C21H29N3O5/c25-16(26)11-7-2-1-6-10-14-15(18-20-19(29-20)17(14)28-18)12-22-24-21(27)23-13-8-4-3-5-9-13/h3-5,8-9,14-15,17-20,22H,1-2,6-7,10-12H2,(H,25,26)(H2,23,24,27)/t14-,15+,17+,18-,19-,20+/m1/s1. The van der Waals surface area contributed by atoms with Gasteiger partial charge in [0.25, 0.3) is 0 Å². The third-order valence-electron chi connectivity index (χ3n) is 6.17. The molecule has 0 radical (unpaired) electrons. The first-order chi connectivity index (χ1) is 14.1. The van der Waals surface area contributed by atoms with Crippen LogP contribution in [0.25, 0.3) is 0 Å². The second-order valence-electron chi connectivity index (χ2n) is 8.13. The fourth-order valence-electron chi connectivity index (χ4n) is 4.77. The lowest BCUT2D eigenvalue weighted by Crippen LogP contribution is -2.47. The van der Waals surface area contributed by atoms with Gasteiger partial charge in [0.15, 0.2) is 0 Å². The molecule has 0 unspecified atom stereocenters. The lowest BCUT2D eigenvalue weighted by atomic mass is 9.76. The summed E-state index contributed by atoms with van der Waals surface area (Å²) in [5.74, 6) is -0.00660. The lowest BCUT2D eigenvalue weighted by molar-refractivity contribution is -0.137. The molecule has 0 aliphatic carbocycles. The number of fused-ring (bicyclic) bond motifs is 5. The van der Waals surface area contributed by atoms with E-state index in [4.69, 9.17) is 14.6 Å². The van der Waals surface area contributed by atoms with Gasteiger partial charge < -0.3 is 19.9 Å². The van der Waals surface area contributed by atoms with Crippen molar-refractivity contribution in [1.29, 1.82) is 0 Å². The Hall–Kier alpha value is -2.16. The van der Waals surface area contributed by atoms with Crippen LogP contribution in [0.3, 0.4) is 0 Å². The summed E-state index contributed by atoms with van der Waals surface area (Å²) in [6.07, 6.45) is 5.81. The van der Waals surface area contributed by atoms with Crippen LogP contribution in [0.15, 0.2) is 30.3 Å². The second kappa shape index (κ2) is 9.11. The van der Waals surface area contributed by atoms with E-state index in [0.29, 0.717) is 18.4 Å². The quantitative estimate of drug-likeness (QED) is 0.257. The third kappa shape index (κ3) is 4.88. The van der Waals surface area contributed by atoms with Crippen LogP contribution < -0.4 is 16.2 Å². The molecule has 3 saturated heterocycles. The first-order valence-corrected chi connectivity index (χ1v) is 10.5. The number of ether oxygens (including phenoxy) is 2. The number of carbonyl (C=O) groups excluding carboxylic acids is 1. The SMILES string of the molecule is O=C(O)CCCCCC[C@@H]1[C@H](CNNC(=O)Nc2ccccc2)[C@H]2O[C@@H]1[C@H]1O[C@H]12. The van der Waals surface area contributed by atoms with E-state index in [-0.39, 0.29) is 36.9 Å². The van der Waals surface area contributed by atoms with Crippen LogP contribution in [-0.4, -0.2) is 48.1 Å². The minimum atomic E-state index is -0.724. The van der Waals surface area contributed by atoms with Gasteiger partial charge >= 0.3 is 12.0 Å². The van der Waals surface area contributed by atoms with Crippen LogP contribution >= 0.6 is 0 Å². The fourth-order valence-corrected chi connectivity index (χ4v) is 4.77. The molecule has 2 bridgehead atoms. The van der Waals surface area contributed by atoms with Gasteiger partial charge in [0.1, 0.15) is 12.2 Å². The number of urea groups is 1. The van der Waals surface area contributed by atoms with E-state index in [2.05, 4.69) is 16.2 Å². The molecular weight excluding hydrogens is 374 g/mol. The Balaban J connectivity index is 1.19. The molecule has 8 nitrogen and oxygen atoms in total. The first-order valence-electron chi connectivity index (χ1n) is 10.5. The maximum Gasteiger partial charge on any atom is 0.333 e. The number of benzene rings is 1. The van der Waals surface area contributed by atoms with Gasteiger partial charge in [0.05, 0.1) is 12.2 Å². The highest BCUT2D eigenvalue weighted by Gasteiger charge is 2.68. The van der Waals surface area contributed by atoms with Crippen LogP contribution in [0.2, 0.25) is 0 Å². The summed E-state index contributed by atoms with van der Waals surface area (Å²) in [6.45, 7) is 0.639. The van der Waals surface area contributed by atoms with Crippen molar-refractivity contribution in [3.05, 3.63) is 30.3 Å². The average molecular weight is 403 g/mol. The second-order valence-corrected chi connectivity index (χ2v) is 8.13. The number of unbranched alkanes of at least 4 members (excludes halogenated alkanes) is 3. The summed E-state index contributed by atoms with van der Waals surface area (Å²) in [6, 6.07) is 9.01. The number of amides is 2. The van der Waals surface area contributed by atoms with Gasteiger partial charge in [-0.2, -0.15) is 0 Å². The number of carboxylic acid groups (broad SMARTS) is 1. The predicted octanol–water partition coefficient (Wildman–Crippen LogP) is 2.52. The minimum absolute atomic E-state index is 0.105. The molecule has 1 aromatic rings. The smallest absolute Gasteiger partial charge is 0.333 e. The van der Waals surface area contributed by atoms with Gasteiger partial charge in [0, 0.05) is 24.6 Å². The highest BCUT2D eigenvalue weighted by Crippen LogP contribution is 2.54. The Morgan fingerprint density at radius 3 is 2.34 bits per heavy atom. The van der Waals surface area contributed by atoms with Crippen molar-refractivity contribution in [3.63, 3.8) is 0 Å². The Kier molecular flexibility index (Phi) is 6.32. The summed E-state index contributed by atoms with van der Waals surface area (Å²) >= 11 is 0. The maximum atomic E-state index is 12.0. The molecule has 3 heterocycles. The summed E-state index contributed by atoms with van der Waals surface area (Å²) in [7, 11) is 0. The van der Waals surface area contributed by atoms with Gasteiger partial charge in [-0.25, -0.2) is 10.2 Å². The summed E-state index contributed by atoms with van der Waals surface area (Å²) in [4.78, 5) is 22.6. The Bertz CT molecular complexity index is 716. The van der Waals surface area contributed by atoms with Gasteiger partial charge in [-0.05, 0) is 30.9 Å². The number of para-hydroxylation sites is 1. The Morgan fingerprint density at radius 1 is 0.897 bits per heavy atom. The van der Waals surface area contributed by atoms with Gasteiger partial charge in [-0.3, -0.25) is 10.2 Å². The first kappa shape index (κ1) is 20.1. The van der Waals surface area contributed by atoms with Gasteiger partial charge in [-0.1, -0.05) is 37.5 Å². The van der Waals surface area contributed by atoms with Crippen molar-refractivity contribution < 1.29 is 24.2 Å². The number of aliphatic carboxylic acids is 1. The van der Waals surface area contributed by atoms with Crippen molar-refractivity contribution in [3.8, 4) is 0 Å². The van der Waals surface area contributed by atoms with E-state index >= 15 is 0 Å². The molecule has 8 heteroatoms. The third-order valence-corrected chi connectivity index (χ3v) is 6.17. The Labute approximate surface area is 170 Å². The zero-order chi connectivity index (χ0) is 20.2. The van der Waals surface area contributed by atoms with Crippen molar-refractivity contribution in [2.45, 2.75) is 62.9 Å². The number of hydrogen-bond donors (Lipinski definition) is 4. The van der Waals surface area contributed by atoms with Crippen LogP contribution in [-0.2, 0) is 14.3 Å². The van der Waals surface area contributed by atoms with Crippen molar-refractivity contribution >= 4 is 17.7 Å². The number of epoxide rings is 1. The monoisotopic (exact) mass is 403 g/mol. The van der Waals surface area contributed by atoms with Crippen LogP contribution in [0.5, 0.6) is 0 Å². The normalized spacial score (nSPS) is 31.3. The molecule has 158 valence electrons. The highest BCUT2D eigenvalue weighted by molar-refractivity contribution is 5.88. The van der Waals surface area contributed by atoms with Crippen molar-refractivity contribution in [1.82, 2.24) is 10.9 Å². The van der Waals surface area contributed by atoms with E-state index in [0.717, 1.165) is 37.8 Å². The number of rotatable bonds is 11. The van der Waals surface area contributed by atoms with E-state index < -0.39 is 5.97 Å². The molecule has 0 saturated carbocycles. The molecule has 3 fully saturated rings. The van der Waals surface area contributed by atoms with E-state index in [1.807, 2.05) is 30.3 Å². The zero-order valence-electron chi connectivity index (χ0n) is 16.4. The number of anilines is 1. The van der Waals surface area contributed by atoms with Gasteiger partial charge in [-0.15, -0.1) is 0 Å². The topological polar surface area (TPSA) is 112 Å². The summed E-state index contributed by atoms with van der Waals surface area (Å²) in [5, 5.41) is 11.5. The number of hydrogen-bond acceptors (Lipinski definition) is 5. The average Bonchev–Trinajstić information content (AvgIpc) is 3.33. The number of carbonyl (C=O) groups is 2. The minimum Gasteiger partial charge on any atom is -0.481 e. The molecule has 6 atom stereocenters. The van der Waals surface area contributed by atoms with Gasteiger partial charge in [0.2, 0.25) is 0 Å². The van der Waals surface area contributed by atoms with Crippen LogP contribution in [0.1, 0.15) is 38.5 Å². The Morgan fingerprint density at radius 2 is 1.59 bits per heavy atom. The molecule has 3 aliphatic rings.